The molecule has 2 atom stereocenters. The smallest absolute Gasteiger partial charge is 0.181 e. The van der Waals surface area contributed by atoms with Gasteiger partial charge in [-0.05, 0) is 56.6 Å². The molecule has 0 amide bonds. The van der Waals surface area contributed by atoms with Gasteiger partial charge in [0, 0.05) is 18.6 Å². The number of halogens is 1. The van der Waals surface area contributed by atoms with Crippen LogP contribution in [0.5, 0.6) is 0 Å². The molecule has 1 aliphatic heterocycles. The van der Waals surface area contributed by atoms with Crippen LogP contribution < -0.4 is 10.7 Å². The number of hydrogen-bond donors (Lipinski definition) is 2. The van der Waals surface area contributed by atoms with E-state index in [0.29, 0.717) is 23.7 Å². The lowest BCUT2D eigenvalue weighted by Gasteiger charge is -2.39. The summed E-state index contributed by atoms with van der Waals surface area (Å²) >= 11 is 5.33. The van der Waals surface area contributed by atoms with Crippen molar-refractivity contribution >= 4 is 17.3 Å². The van der Waals surface area contributed by atoms with Crippen LogP contribution in [0.4, 0.5) is 4.39 Å². The number of piperidine rings is 1. The number of nitrogens with one attached hydrogen (secondary N) is 2. The Balaban J connectivity index is 1.81. The topological polar surface area (TPSA) is 27.3 Å². The fourth-order valence-corrected chi connectivity index (χ4v) is 2.76. The quantitative estimate of drug-likeness (QED) is 0.838. The van der Waals surface area contributed by atoms with E-state index in [-0.39, 0.29) is 5.82 Å². The maximum absolute atomic E-state index is 12.8. The van der Waals surface area contributed by atoms with Crippen molar-refractivity contribution in [2.24, 2.45) is 0 Å². The lowest BCUT2D eigenvalue weighted by molar-refractivity contribution is 0.0736. The molecule has 5 heteroatoms. The molecular formula is C15H22FN3S. The van der Waals surface area contributed by atoms with Gasteiger partial charge >= 0.3 is 0 Å². The highest BCUT2D eigenvalue weighted by atomic mass is 32.1. The van der Waals surface area contributed by atoms with Gasteiger partial charge in [-0.15, -0.1) is 0 Å². The lowest BCUT2D eigenvalue weighted by Crippen LogP contribution is -2.56. The van der Waals surface area contributed by atoms with Crippen LogP contribution in [0.2, 0.25) is 0 Å². The summed E-state index contributed by atoms with van der Waals surface area (Å²) in [5, 5.41) is 6.01. The molecule has 110 valence electrons. The van der Waals surface area contributed by atoms with Crippen LogP contribution in [-0.4, -0.2) is 22.2 Å². The molecule has 2 rings (SSSR count). The largest absolute Gasteiger partial charge is 0.358 e. The second-order valence-electron chi connectivity index (χ2n) is 5.46. The summed E-state index contributed by atoms with van der Waals surface area (Å²) in [6, 6.07) is 7.42. The first-order valence-corrected chi connectivity index (χ1v) is 7.54. The average Bonchev–Trinajstić information content (AvgIpc) is 2.42. The van der Waals surface area contributed by atoms with Crippen LogP contribution in [0.15, 0.2) is 24.3 Å². The van der Waals surface area contributed by atoms with Gasteiger partial charge < -0.3 is 5.32 Å². The molecular weight excluding hydrogens is 273 g/mol. The van der Waals surface area contributed by atoms with Crippen LogP contribution in [0.25, 0.3) is 0 Å². The Bertz CT molecular complexity index is 439. The molecule has 2 N–H and O–H groups in total. The molecule has 1 saturated heterocycles. The zero-order valence-corrected chi connectivity index (χ0v) is 12.8. The Morgan fingerprint density at radius 1 is 1.25 bits per heavy atom. The van der Waals surface area contributed by atoms with Crippen molar-refractivity contribution in [2.45, 2.75) is 51.7 Å². The van der Waals surface area contributed by atoms with Crippen molar-refractivity contribution in [3.05, 3.63) is 35.6 Å². The van der Waals surface area contributed by atoms with Crippen LogP contribution in [0, 0.1) is 5.82 Å². The summed E-state index contributed by atoms with van der Waals surface area (Å²) in [5.74, 6) is -0.217. The minimum Gasteiger partial charge on any atom is -0.358 e. The van der Waals surface area contributed by atoms with Crippen LogP contribution in [-0.2, 0) is 6.54 Å². The lowest BCUT2D eigenvalue weighted by atomic mass is 10.00. The van der Waals surface area contributed by atoms with E-state index in [4.69, 9.17) is 12.2 Å². The van der Waals surface area contributed by atoms with Gasteiger partial charge in [-0.3, -0.25) is 5.43 Å². The Morgan fingerprint density at radius 3 is 2.45 bits per heavy atom. The summed E-state index contributed by atoms with van der Waals surface area (Å²) in [7, 11) is 0. The van der Waals surface area contributed by atoms with Crippen LogP contribution in [0.3, 0.4) is 0 Å². The third-order valence-corrected chi connectivity index (χ3v) is 4.03. The minimum absolute atomic E-state index is 0.217. The third kappa shape index (κ3) is 4.15. The fraction of sp³-hybridized carbons (Fsp3) is 0.533. The van der Waals surface area contributed by atoms with Gasteiger partial charge in [-0.25, -0.2) is 9.40 Å². The Morgan fingerprint density at radius 2 is 1.85 bits per heavy atom. The van der Waals surface area contributed by atoms with E-state index in [1.807, 2.05) is 0 Å². The van der Waals surface area contributed by atoms with Gasteiger partial charge in [0.1, 0.15) is 5.82 Å². The van der Waals surface area contributed by atoms with Crippen molar-refractivity contribution in [3.63, 3.8) is 0 Å². The molecule has 20 heavy (non-hydrogen) atoms. The molecule has 1 heterocycles. The molecule has 1 aromatic rings. The van der Waals surface area contributed by atoms with Gasteiger partial charge in [-0.2, -0.15) is 0 Å². The Labute approximate surface area is 125 Å². The van der Waals surface area contributed by atoms with Crippen LogP contribution >= 0.6 is 12.2 Å². The molecule has 3 nitrogen and oxygen atoms in total. The molecule has 0 aromatic heterocycles. The van der Waals surface area contributed by atoms with Gasteiger partial charge in [0.2, 0.25) is 0 Å². The van der Waals surface area contributed by atoms with Crippen molar-refractivity contribution in [1.82, 2.24) is 15.8 Å². The first kappa shape index (κ1) is 15.2. The second kappa shape index (κ2) is 6.99. The monoisotopic (exact) mass is 295 g/mol. The zero-order chi connectivity index (χ0) is 14.5. The highest BCUT2D eigenvalue weighted by molar-refractivity contribution is 7.80. The molecule has 0 aliphatic carbocycles. The Hall–Kier alpha value is -1.20. The fourth-order valence-electron chi connectivity index (χ4n) is 2.58. The highest BCUT2D eigenvalue weighted by Gasteiger charge is 2.25. The first-order valence-electron chi connectivity index (χ1n) is 7.13. The predicted octanol–water partition coefficient (Wildman–Crippen LogP) is 2.97. The molecule has 0 radical (unpaired) electrons. The van der Waals surface area contributed by atoms with E-state index in [9.17, 15) is 4.39 Å². The molecule has 0 unspecified atom stereocenters. The third-order valence-electron chi connectivity index (χ3n) is 3.79. The predicted molar refractivity (Wildman–Crippen MR) is 83.6 cm³/mol. The van der Waals surface area contributed by atoms with Crippen LogP contribution in [0.1, 0.15) is 38.7 Å². The maximum atomic E-state index is 12.8. The van der Waals surface area contributed by atoms with E-state index >= 15 is 0 Å². The first-order chi connectivity index (χ1) is 9.56. The number of benzene rings is 1. The Kier molecular flexibility index (Phi) is 5.31. The van der Waals surface area contributed by atoms with E-state index in [1.54, 1.807) is 12.1 Å². The molecule has 1 fully saturated rings. The summed E-state index contributed by atoms with van der Waals surface area (Å²) in [5.41, 5.74) is 4.29. The standard InChI is InChI=1S/C15H22FN3S/c1-11-4-3-5-12(2)19(11)18-15(20)17-10-13-6-8-14(16)9-7-13/h6-9,11-12H,3-5,10H2,1-2H3,(H2,17,18,20)/t11-,12-/m1/s1. The maximum Gasteiger partial charge on any atom is 0.181 e. The normalized spacial score (nSPS) is 23.4. The van der Waals surface area contributed by atoms with Crippen molar-refractivity contribution < 1.29 is 4.39 Å². The van der Waals surface area contributed by atoms with Gasteiger partial charge in [-0.1, -0.05) is 18.6 Å². The zero-order valence-electron chi connectivity index (χ0n) is 12.0. The molecule has 0 bridgehead atoms. The molecule has 0 spiro atoms. The summed E-state index contributed by atoms with van der Waals surface area (Å²) in [4.78, 5) is 0. The minimum atomic E-state index is -0.217. The average molecular weight is 295 g/mol. The van der Waals surface area contributed by atoms with E-state index in [2.05, 4.69) is 29.6 Å². The summed E-state index contributed by atoms with van der Waals surface area (Å²) in [6.45, 7) is 5.03. The second-order valence-corrected chi connectivity index (χ2v) is 5.87. The van der Waals surface area contributed by atoms with Gasteiger partial charge in [0.25, 0.3) is 0 Å². The van der Waals surface area contributed by atoms with Crippen molar-refractivity contribution in [2.75, 3.05) is 0 Å². The van der Waals surface area contributed by atoms with E-state index < -0.39 is 0 Å². The van der Waals surface area contributed by atoms with E-state index in [1.165, 1.54) is 31.4 Å². The van der Waals surface area contributed by atoms with Gasteiger partial charge in [0.05, 0.1) is 0 Å². The highest BCUT2D eigenvalue weighted by Crippen LogP contribution is 2.20. The molecule has 0 saturated carbocycles. The SMILES string of the molecule is C[C@@H]1CCC[C@@H](C)N1NC(=S)NCc1ccc(F)cc1. The van der Waals surface area contributed by atoms with Crippen molar-refractivity contribution in [1.29, 1.82) is 0 Å². The number of hydrazine groups is 1. The van der Waals surface area contributed by atoms with Gasteiger partial charge in [0.15, 0.2) is 5.11 Å². The number of hydrogen-bond acceptors (Lipinski definition) is 2. The summed E-state index contributed by atoms with van der Waals surface area (Å²) < 4.78 is 12.8. The van der Waals surface area contributed by atoms with E-state index in [0.717, 1.165) is 5.56 Å². The number of thiocarbonyl (C=S) groups is 1. The molecule has 1 aliphatic rings. The summed E-state index contributed by atoms with van der Waals surface area (Å²) in [6.07, 6.45) is 3.66. The number of rotatable bonds is 3. The number of nitrogens with zero attached hydrogens (tertiary/aromatic N) is 1. The molecule has 1 aromatic carbocycles. The van der Waals surface area contributed by atoms with Crippen molar-refractivity contribution in [3.8, 4) is 0 Å².